The van der Waals surface area contributed by atoms with Crippen molar-refractivity contribution >= 4 is 0 Å². The van der Waals surface area contributed by atoms with Gasteiger partial charge in [0.05, 0.1) is 11.7 Å². The van der Waals surface area contributed by atoms with Gasteiger partial charge in [-0.3, -0.25) is 15.0 Å². The average molecular weight is 334 g/mol. The molecule has 1 unspecified atom stereocenters. The number of likely N-dealkylation sites (tertiary alicyclic amines) is 1. The van der Waals surface area contributed by atoms with E-state index >= 15 is 0 Å². The molecule has 4 heterocycles. The second-order valence-corrected chi connectivity index (χ2v) is 6.54. The molecule has 6 nitrogen and oxygen atoms in total. The molecule has 1 aliphatic heterocycles. The Balaban J connectivity index is 1.40. The third-order valence-electron chi connectivity index (χ3n) is 5.05. The van der Waals surface area contributed by atoms with Gasteiger partial charge in [0.25, 0.3) is 0 Å². The van der Waals surface area contributed by atoms with Gasteiger partial charge in [0.15, 0.2) is 0 Å². The van der Waals surface area contributed by atoms with Gasteiger partial charge in [-0.2, -0.15) is 5.10 Å². The Bertz CT molecular complexity index is 793. The van der Waals surface area contributed by atoms with Crippen LogP contribution in [0.4, 0.5) is 0 Å². The lowest BCUT2D eigenvalue weighted by molar-refractivity contribution is 0.156. The maximum atomic E-state index is 4.48. The zero-order valence-corrected chi connectivity index (χ0v) is 14.3. The summed E-state index contributed by atoms with van der Waals surface area (Å²) in [6.07, 6.45) is 9.47. The van der Waals surface area contributed by atoms with Crippen molar-refractivity contribution < 1.29 is 0 Å². The molecule has 1 fully saturated rings. The predicted octanol–water partition coefficient (Wildman–Crippen LogP) is 3.20. The first-order valence-electron chi connectivity index (χ1n) is 8.78. The minimum absolute atomic E-state index is 0.260. The molecule has 1 saturated heterocycles. The van der Waals surface area contributed by atoms with E-state index in [1.54, 1.807) is 12.4 Å². The summed E-state index contributed by atoms with van der Waals surface area (Å²) >= 11 is 0. The highest BCUT2D eigenvalue weighted by molar-refractivity contribution is 5.58. The van der Waals surface area contributed by atoms with Crippen LogP contribution in [-0.4, -0.2) is 43.1 Å². The molecule has 0 radical (unpaired) electrons. The smallest absolute Gasteiger partial charge is 0.145 e. The summed E-state index contributed by atoms with van der Waals surface area (Å²) in [6.45, 7) is 4.29. The van der Waals surface area contributed by atoms with Crippen molar-refractivity contribution in [1.82, 2.24) is 30.0 Å². The zero-order valence-electron chi connectivity index (χ0n) is 14.3. The van der Waals surface area contributed by atoms with E-state index in [1.165, 1.54) is 5.69 Å². The normalized spacial score (nSPS) is 17.5. The highest BCUT2D eigenvalue weighted by Gasteiger charge is 2.26. The van der Waals surface area contributed by atoms with Gasteiger partial charge in [0, 0.05) is 42.0 Å². The topological polar surface area (TPSA) is 70.6 Å². The monoisotopic (exact) mass is 334 g/mol. The van der Waals surface area contributed by atoms with Crippen LogP contribution < -0.4 is 0 Å². The molecule has 128 valence electrons. The quantitative estimate of drug-likeness (QED) is 0.793. The number of aromatic amines is 1. The first-order valence-corrected chi connectivity index (χ1v) is 8.78. The third-order valence-corrected chi connectivity index (χ3v) is 5.05. The number of H-pyrrole nitrogens is 1. The predicted molar refractivity (Wildman–Crippen MR) is 95.8 cm³/mol. The maximum Gasteiger partial charge on any atom is 0.145 e. The van der Waals surface area contributed by atoms with E-state index in [9.17, 15) is 0 Å². The van der Waals surface area contributed by atoms with E-state index in [1.807, 2.05) is 30.6 Å². The Morgan fingerprint density at radius 1 is 1.08 bits per heavy atom. The van der Waals surface area contributed by atoms with Crippen LogP contribution in [0.5, 0.6) is 0 Å². The number of nitrogens with one attached hydrogen (secondary N) is 1. The molecule has 3 aromatic rings. The summed E-state index contributed by atoms with van der Waals surface area (Å²) in [5.41, 5.74) is 3.32. The van der Waals surface area contributed by atoms with Gasteiger partial charge in [-0.15, -0.1) is 0 Å². The van der Waals surface area contributed by atoms with E-state index < -0.39 is 0 Å². The Kier molecular flexibility index (Phi) is 4.52. The lowest BCUT2D eigenvalue weighted by Gasteiger charge is -2.34. The van der Waals surface area contributed by atoms with Gasteiger partial charge in [0.1, 0.15) is 5.82 Å². The molecule has 3 aromatic heterocycles. The molecule has 1 aliphatic rings. The van der Waals surface area contributed by atoms with E-state index in [0.29, 0.717) is 5.92 Å². The lowest BCUT2D eigenvalue weighted by atomic mass is 9.92. The molecule has 25 heavy (non-hydrogen) atoms. The molecule has 0 amide bonds. The van der Waals surface area contributed by atoms with Gasteiger partial charge in [-0.1, -0.05) is 0 Å². The van der Waals surface area contributed by atoms with Crippen molar-refractivity contribution in [2.75, 3.05) is 13.1 Å². The SMILES string of the molecule is CC(c1ncccn1)N1CCC(c2cc(-c3ccncc3)n[nH]2)CC1. The van der Waals surface area contributed by atoms with Gasteiger partial charge in [-0.05, 0) is 57.1 Å². The van der Waals surface area contributed by atoms with Crippen molar-refractivity contribution in [1.29, 1.82) is 0 Å². The molecule has 0 saturated carbocycles. The molecule has 0 aliphatic carbocycles. The van der Waals surface area contributed by atoms with E-state index in [0.717, 1.165) is 43.0 Å². The van der Waals surface area contributed by atoms with E-state index in [4.69, 9.17) is 0 Å². The fourth-order valence-corrected chi connectivity index (χ4v) is 3.50. The lowest BCUT2D eigenvalue weighted by Crippen LogP contribution is -2.35. The van der Waals surface area contributed by atoms with Crippen LogP contribution in [0.3, 0.4) is 0 Å². The zero-order chi connectivity index (χ0) is 17.1. The number of rotatable bonds is 4. The van der Waals surface area contributed by atoms with E-state index in [2.05, 4.69) is 43.0 Å². The van der Waals surface area contributed by atoms with Crippen LogP contribution >= 0.6 is 0 Å². The molecular weight excluding hydrogens is 312 g/mol. The van der Waals surface area contributed by atoms with Crippen LogP contribution in [0.1, 0.15) is 43.2 Å². The number of hydrogen-bond donors (Lipinski definition) is 1. The summed E-state index contributed by atoms with van der Waals surface area (Å²) in [5, 5.41) is 7.71. The minimum atomic E-state index is 0.260. The Morgan fingerprint density at radius 3 is 2.52 bits per heavy atom. The number of piperidine rings is 1. The summed E-state index contributed by atoms with van der Waals surface area (Å²) in [4.78, 5) is 15.3. The largest absolute Gasteiger partial charge is 0.294 e. The molecule has 0 aromatic carbocycles. The average Bonchev–Trinajstić information content (AvgIpc) is 3.19. The Morgan fingerprint density at radius 2 is 1.80 bits per heavy atom. The third kappa shape index (κ3) is 3.44. The van der Waals surface area contributed by atoms with Crippen LogP contribution in [0.2, 0.25) is 0 Å². The Hall–Kier alpha value is -2.60. The number of pyridine rings is 1. The first-order chi connectivity index (χ1) is 12.3. The van der Waals surface area contributed by atoms with Gasteiger partial charge in [-0.25, -0.2) is 9.97 Å². The fraction of sp³-hybridized carbons (Fsp3) is 0.368. The molecular formula is C19H22N6. The van der Waals surface area contributed by atoms with Crippen molar-refractivity contribution in [2.24, 2.45) is 0 Å². The fourth-order valence-electron chi connectivity index (χ4n) is 3.50. The number of aromatic nitrogens is 5. The highest BCUT2D eigenvalue weighted by atomic mass is 15.2. The molecule has 0 spiro atoms. The van der Waals surface area contributed by atoms with Crippen LogP contribution in [-0.2, 0) is 0 Å². The maximum absolute atomic E-state index is 4.48. The van der Waals surface area contributed by atoms with Crippen LogP contribution in [0.15, 0.2) is 49.1 Å². The molecule has 6 heteroatoms. The van der Waals surface area contributed by atoms with Crippen molar-refractivity contribution in [3.8, 4) is 11.3 Å². The molecule has 4 rings (SSSR count). The number of hydrogen-bond acceptors (Lipinski definition) is 5. The molecule has 0 bridgehead atoms. The van der Waals surface area contributed by atoms with Gasteiger partial charge < -0.3 is 0 Å². The second kappa shape index (κ2) is 7.11. The highest BCUT2D eigenvalue weighted by Crippen LogP contribution is 2.31. The summed E-state index contributed by atoms with van der Waals surface area (Å²) in [6, 6.07) is 8.28. The summed E-state index contributed by atoms with van der Waals surface area (Å²) < 4.78 is 0. The summed E-state index contributed by atoms with van der Waals surface area (Å²) in [7, 11) is 0. The Labute approximate surface area is 147 Å². The standard InChI is InChI=1S/C19H22N6/c1-14(19-21-7-2-8-22-19)25-11-5-16(6-12-25)18-13-17(23-24-18)15-3-9-20-10-4-15/h2-4,7-10,13-14,16H,5-6,11-12H2,1H3,(H,23,24). The van der Waals surface area contributed by atoms with E-state index in [-0.39, 0.29) is 6.04 Å². The summed E-state index contributed by atoms with van der Waals surface area (Å²) in [5.74, 6) is 1.44. The second-order valence-electron chi connectivity index (χ2n) is 6.54. The van der Waals surface area contributed by atoms with Crippen LogP contribution in [0.25, 0.3) is 11.3 Å². The van der Waals surface area contributed by atoms with Gasteiger partial charge >= 0.3 is 0 Å². The van der Waals surface area contributed by atoms with Crippen LogP contribution in [0, 0.1) is 0 Å². The van der Waals surface area contributed by atoms with Crippen molar-refractivity contribution in [3.05, 3.63) is 60.6 Å². The van der Waals surface area contributed by atoms with Crippen molar-refractivity contribution in [2.45, 2.75) is 31.7 Å². The minimum Gasteiger partial charge on any atom is -0.294 e. The van der Waals surface area contributed by atoms with Crippen molar-refractivity contribution in [3.63, 3.8) is 0 Å². The number of nitrogens with zero attached hydrogens (tertiary/aromatic N) is 5. The van der Waals surface area contributed by atoms with Gasteiger partial charge in [0.2, 0.25) is 0 Å². The first kappa shape index (κ1) is 15.9. The molecule has 1 N–H and O–H groups in total. The molecule has 1 atom stereocenters.